The molecule has 90 valence electrons. The Morgan fingerprint density at radius 2 is 1.72 bits per heavy atom. The van der Waals surface area contributed by atoms with E-state index in [4.69, 9.17) is 5.26 Å². The molecule has 1 unspecified atom stereocenters. The van der Waals surface area contributed by atoms with Crippen LogP contribution in [-0.2, 0) is 6.54 Å². The lowest BCUT2D eigenvalue weighted by Gasteiger charge is -2.11. The average Bonchev–Trinajstić information content (AvgIpc) is 2.42. The minimum Gasteiger partial charge on any atom is -0.294 e. The van der Waals surface area contributed by atoms with Crippen molar-refractivity contribution in [3.63, 3.8) is 0 Å². The summed E-state index contributed by atoms with van der Waals surface area (Å²) < 4.78 is 12.8. The van der Waals surface area contributed by atoms with Gasteiger partial charge in [-0.1, -0.05) is 42.5 Å². The van der Waals surface area contributed by atoms with Crippen molar-refractivity contribution in [1.82, 2.24) is 5.32 Å². The number of rotatable bonds is 4. The smallest absolute Gasteiger partial charge is 0.123 e. The molecule has 1 atom stereocenters. The SMILES string of the molecule is N#CC(NCc1ccccc1)c1ccc(F)cc1. The molecule has 18 heavy (non-hydrogen) atoms. The van der Waals surface area contributed by atoms with E-state index in [2.05, 4.69) is 11.4 Å². The third kappa shape index (κ3) is 3.16. The van der Waals surface area contributed by atoms with Crippen LogP contribution in [-0.4, -0.2) is 0 Å². The maximum atomic E-state index is 12.8. The summed E-state index contributed by atoms with van der Waals surface area (Å²) in [7, 11) is 0. The zero-order chi connectivity index (χ0) is 12.8. The topological polar surface area (TPSA) is 35.8 Å². The van der Waals surface area contributed by atoms with Crippen LogP contribution in [0.2, 0.25) is 0 Å². The maximum Gasteiger partial charge on any atom is 0.123 e. The van der Waals surface area contributed by atoms with Gasteiger partial charge in [-0.05, 0) is 23.3 Å². The summed E-state index contributed by atoms with van der Waals surface area (Å²) in [6.45, 7) is 0.608. The molecule has 0 amide bonds. The molecule has 2 aromatic carbocycles. The second-order valence-electron chi connectivity index (χ2n) is 3.98. The highest BCUT2D eigenvalue weighted by Crippen LogP contribution is 2.13. The van der Waals surface area contributed by atoms with Gasteiger partial charge in [-0.2, -0.15) is 5.26 Å². The molecule has 2 nitrogen and oxygen atoms in total. The summed E-state index contributed by atoms with van der Waals surface area (Å²) >= 11 is 0. The fraction of sp³-hybridized carbons (Fsp3) is 0.133. The van der Waals surface area contributed by atoms with Gasteiger partial charge in [-0.15, -0.1) is 0 Å². The summed E-state index contributed by atoms with van der Waals surface area (Å²) in [5.41, 5.74) is 1.88. The molecule has 0 saturated heterocycles. The van der Waals surface area contributed by atoms with Gasteiger partial charge < -0.3 is 0 Å². The van der Waals surface area contributed by atoms with Crippen LogP contribution < -0.4 is 5.32 Å². The second-order valence-corrected chi connectivity index (χ2v) is 3.98. The summed E-state index contributed by atoms with van der Waals surface area (Å²) in [5, 5.41) is 12.3. The minimum absolute atomic E-state index is 0.293. The second kappa shape index (κ2) is 5.95. The fourth-order valence-electron chi connectivity index (χ4n) is 1.71. The molecule has 2 aromatic rings. The van der Waals surface area contributed by atoms with Gasteiger partial charge in [-0.3, -0.25) is 5.32 Å². The molecule has 0 bridgehead atoms. The van der Waals surface area contributed by atoms with Gasteiger partial charge in [0.05, 0.1) is 6.07 Å². The van der Waals surface area contributed by atoms with E-state index < -0.39 is 6.04 Å². The molecule has 0 aromatic heterocycles. The molecule has 1 N–H and O–H groups in total. The molecule has 0 radical (unpaired) electrons. The van der Waals surface area contributed by atoms with Crippen LogP contribution in [0, 0.1) is 17.1 Å². The molecular formula is C15H13FN2. The monoisotopic (exact) mass is 240 g/mol. The van der Waals surface area contributed by atoms with Gasteiger partial charge in [0.2, 0.25) is 0 Å². The van der Waals surface area contributed by atoms with E-state index in [1.807, 2.05) is 30.3 Å². The van der Waals surface area contributed by atoms with E-state index in [1.165, 1.54) is 12.1 Å². The third-order valence-electron chi connectivity index (χ3n) is 2.69. The van der Waals surface area contributed by atoms with Crippen LogP contribution in [0.15, 0.2) is 54.6 Å². The predicted octanol–water partition coefficient (Wildman–Crippen LogP) is 3.18. The molecule has 0 spiro atoms. The number of hydrogen-bond donors (Lipinski definition) is 1. The highest BCUT2D eigenvalue weighted by Gasteiger charge is 2.09. The molecule has 0 aliphatic heterocycles. The normalized spacial score (nSPS) is 11.8. The first-order valence-electron chi connectivity index (χ1n) is 5.72. The van der Waals surface area contributed by atoms with Gasteiger partial charge in [0.15, 0.2) is 0 Å². The summed E-state index contributed by atoms with van der Waals surface area (Å²) in [6.07, 6.45) is 0. The van der Waals surface area contributed by atoms with Crippen LogP contribution in [0.1, 0.15) is 17.2 Å². The van der Waals surface area contributed by atoms with E-state index in [1.54, 1.807) is 12.1 Å². The van der Waals surface area contributed by atoms with Crippen LogP contribution in [0.25, 0.3) is 0 Å². The lowest BCUT2D eigenvalue weighted by atomic mass is 10.1. The number of benzene rings is 2. The summed E-state index contributed by atoms with van der Waals surface area (Å²) in [6, 6.07) is 17.6. The molecular weight excluding hydrogens is 227 g/mol. The first kappa shape index (κ1) is 12.3. The lowest BCUT2D eigenvalue weighted by molar-refractivity contribution is 0.614. The highest BCUT2D eigenvalue weighted by atomic mass is 19.1. The number of halogens is 1. The van der Waals surface area contributed by atoms with E-state index in [9.17, 15) is 4.39 Å². The standard InChI is InChI=1S/C15H13FN2/c16-14-8-6-13(7-9-14)15(10-17)18-11-12-4-2-1-3-5-12/h1-9,15,18H,11H2. The van der Waals surface area contributed by atoms with Crippen LogP contribution >= 0.6 is 0 Å². The van der Waals surface area contributed by atoms with E-state index in [0.717, 1.165) is 11.1 Å². The minimum atomic E-state index is -0.425. The Morgan fingerprint density at radius 3 is 2.33 bits per heavy atom. The number of hydrogen-bond acceptors (Lipinski definition) is 2. The van der Waals surface area contributed by atoms with E-state index in [0.29, 0.717) is 6.54 Å². The van der Waals surface area contributed by atoms with Crippen molar-refractivity contribution < 1.29 is 4.39 Å². The lowest BCUT2D eigenvalue weighted by Crippen LogP contribution is -2.19. The molecule has 2 rings (SSSR count). The molecule has 3 heteroatoms. The Kier molecular flexibility index (Phi) is 4.06. The number of nitriles is 1. The van der Waals surface area contributed by atoms with Gasteiger partial charge in [0.25, 0.3) is 0 Å². The molecule has 0 aliphatic carbocycles. The van der Waals surface area contributed by atoms with E-state index in [-0.39, 0.29) is 5.82 Å². The van der Waals surface area contributed by atoms with Crippen molar-refractivity contribution >= 4 is 0 Å². The van der Waals surface area contributed by atoms with E-state index >= 15 is 0 Å². The largest absolute Gasteiger partial charge is 0.294 e. The highest BCUT2D eigenvalue weighted by molar-refractivity contribution is 5.25. The number of nitrogens with one attached hydrogen (secondary N) is 1. The number of nitrogens with zero attached hydrogens (tertiary/aromatic N) is 1. The average molecular weight is 240 g/mol. The van der Waals surface area contributed by atoms with Crippen molar-refractivity contribution in [2.75, 3.05) is 0 Å². The van der Waals surface area contributed by atoms with Gasteiger partial charge in [0, 0.05) is 6.54 Å². The van der Waals surface area contributed by atoms with Crippen molar-refractivity contribution in [3.05, 3.63) is 71.5 Å². The Balaban J connectivity index is 2.02. The molecule has 0 aliphatic rings. The predicted molar refractivity (Wildman–Crippen MR) is 68.0 cm³/mol. The fourth-order valence-corrected chi connectivity index (χ4v) is 1.71. The van der Waals surface area contributed by atoms with Gasteiger partial charge in [0.1, 0.15) is 11.9 Å². The van der Waals surface area contributed by atoms with Crippen molar-refractivity contribution in [2.24, 2.45) is 0 Å². The Morgan fingerprint density at radius 1 is 1.06 bits per heavy atom. The Bertz CT molecular complexity index is 529. The zero-order valence-corrected chi connectivity index (χ0v) is 9.81. The maximum absolute atomic E-state index is 12.8. The van der Waals surface area contributed by atoms with Crippen molar-refractivity contribution in [3.8, 4) is 6.07 Å². The molecule has 0 saturated carbocycles. The third-order valence-corrected chi connectivity index (χ3v) is 2.69. The summed E-state index contributed by atoms with van der Waals surface area (Å²) in [5.74, 6) is -0.293. The Hall–Kier alpha value is -2.18. The van der Waals surface area contributed by atoms with Crippen molar-refractivity contribution in [1.29, 1.82) is 5.26 Å². The van der Waals surface area contributed by atoms with Crippen molar-refractivity contribution in [2.45, 2.75) is 12.6 Å². The van der Waals surface area contributed by atoms with Crippen LogP contribution in [0.4, 0.5) is 4.39 Å². The first-order valence-corrected chi connectivity index (χ1v) is 5.72. The summed E-state index contributed by atoms with van der Waals surface area (Å²) in [4.78, 5) is 0. The first-order chi connectivity index (χ1) is 8.79. The van der Waals surface area contributed by atoms with Crippen LogP contribution in [0.5, 0.6) is 0 Å². The van der Waals surface area contributed by atoms with Gasteiger partial charge >= 0.3 is 0 Å². The molecule has 0 fully saturated rings. The zero-order valence-electron chi connectivity index (χ0n) is 9.81. The molecule has 0 heterocycles. The Labute approximate surface area is 106 Å². The van der Waals surface area contributed by atoms with Gasteiger partial charge in [-0.25, -0.2) is 4.39 Å². The van der Waals surface area contributed by atoms with Crippen LogP contribution in [0.3, 0.4) is 0 Å². The quantitative estimate of drug-likeness (QED) is 0.890.